The van der Waals surface area contributed by atoms with E-state index in [1.807, 2.05) is 25.1 Å². The normalized spacial score (nSPS) is 16.2. The van der Waals surface area contributed by atoms with Crippen LogP contribution < -0.4 is 9.64 Å². The van der Waals surface area contributed by atoms with E-state index in [4.69, 9.17) is 9.72 Å². The Hall–Kier alpha value is -2.92. The molecular formula is C24H27N3O2. The molecule has 4 rings (SSSR count). The first kappa shape index (κ1) is 19.4. The molecule has 5 heteroatoms. The Labute approximate surface area is 172 Å². The van der Waals surface area contributed by atoms with E-state index in [9.17, 15) is 5.11 Å². The fourth-order valence-electron chi connectivity index (χ4n) is 3.92. The van der Waals surface area contributed by atoms with Gasteiger partial charge in [0.1, 0.15) is 6.10 Å². The summed E-state index contributed by atoms with van der Waals surface area (Å²) in [6.07, 6.45) is 3.71. The van der Waals surface area contributed by atoms with Gasteiger partial charge in [-0.1, -0.05) is 37.3 Å². The molecule has 3 aromatic rings. The van der Waals surface area contributed by atoms with Crippen molar-refractivity contribution in [3.63, 3.8) is 0 Å². The van der Waals surface area contributed by atoms with Crippen LogP contribution in [0.1, 0.15) is 30.2 Å². The molecule has 0 radical (unpaired) electrons. The second kappa shape index (κ2) is 8.62. The minimum atomic E-state index is -0.0845. The Balaban J connectivity index is 1.54. The van der Waals surface area contributed by atoms with Crippen LogP contribution in [0.4, 0.5) is 5.69 Å². The molecule has 0 spiro atoms. The van der Waals surface area contributed by atoms with Gasteiger partial charge in [0, 0.05) is 30.3 Å². The first-order chi connectivity index (χ1) is 14.2. The van der Waals surface area contributed by atoms with Gasteiger partial charge < -0.3 is 14.7 Å². The predicted octanol–water partition coefficient (Wildman–Crippen LogP) is 4.16. The molecule has 0 bridgehead atoms. The lowest BCUT2D eigenvalue weighted by Gasteiger charge is -2.22. The first-order valence-corrected chi connectivity index (χ1v) is 10.2. The Bertz CT molecular complexity index is 989. The fourth-order valence-corrected chi connectivity index (χ4v) is 3.92. The highest BCUT2D eigenvalue weighted by Crippen LogP contribution is 2.30. The van der Waals surface area contributed by atoms with Gasteiger partial charge in [0.15, 0.2) is 0 Å². The molecule has 5 nitrogen and oxygen atoms in total. The molecule has 1 unspecified atom stereocenters. The molecule has 1 N–H and O–H groups in total. The highest BCUT2D eigenvalue weighted by atomic mass is 16.5. The number of pyridine rings is 2. The smallest absolute Gasteiger partial charge is 0.216 e. The maximum absolute atomic E-state index is 9.98. The maximum atomic E-state index is 9.98. The molecule has 1 fully saturated rings. The summed E-state index contributed by atoms with van der Waals surface area (Å²) in [7, 11) is 0. The number of benzene rings is 1. The molecule has 1 atom stereocenters. The standard InChI is InChI=1S/C24H27N3O2/c1-3-18-8-4-5-9-20(18)21-10-11-23(22(16-28)26-21)27-14-12-19(15-27)29-24-17(2)7-6-13-25-24/h4-11,13,19,28H,3,12,14-16H2,1-2H3. The predicted molar refractivity (Wildman–Crippen MR) is 115 cm³/mol. The van der Waals surface area contributed by atoms with Crippen molar-refractivity contribution < 1.29 is 9.84 Å². The zero-order chi connectivity index (χ0) is 20.2. The van der Waals surface area contributed by atoms with Crippen LogP contribution >= 0.6 is 0 Å². The minimum absolute atomic E-state index is 0.0793. The summed E-state index contributed by atoms with van der Waals surface area (Å²) in [5, 5.41) is 9.98. The van der Waals surface area contributed by atoms with Gasteiger partial charge >= 0.3 is 0 Å². The summed E-state index contributed by atoms with van der Waals surface area (Å²) >= 11 is 0. The molecule has 29 heavy (non-hydrogen) atoms. The minimum Gasteiger partial charge on any atom is -0.472 e. The number of rotatable bonds is 6. The summed E-state index contributed by atoms with van der Waals surface area (Å²) < 4.78 is 6.12. The average Bonchev–Trinajstić information content (AvgIpc) is 3.23. The van der Waals surface area contributed by atoms with Gasteiger partial charge in [0.05, 0.1) is 30.2 Å². The third-order valence-corrected chi connectivity index (χ3v) is 5.50. The summed E-state index contributed by atoms with van der Waals surface area (Å²) in [6.45, 7) is 5.70. The zero-order valence-electron chi connectivity index (χ0n) is 17.0. The van der Waals surface area contributed by atoms with Gasteiger partial charge in [0.2, 0.25) is 5.88 Å². The van der Waals surface area contributed by atoms with Crippen molar-refractivity contribution in [3.8, 4) is 17.1 Å². The molecule has 0 aliphatic carbocycles. The molecule has 1 aromatic carbocycles. The largest absolute Gasteiger partial charge is 0.472 e. The summed E-state index contributed by atoms with van der Waals surface area (Å²) in [4.78, 5) is 11.4. The number of hydrogen-bond donors (Lipinski definition) is 1. The van der Waals surface area contributed by atoms with E-state index in [1.165, 1.54) is 5.56 Å². The number of nitrogens with zero attached hydrogens (tertiary/aromatic N) is 3. The number of aromatic nitrogens is 2. The van der Waals surface area contributed by atoms with Crippen LogP contribution in [0.2, 0.25) is 0 Å². The van der Waals surface area contributed by atoms with Crippen molar-refractivity contribution in [2.45, 2.75) is 39.4 Å². The Morgan fingerprint density at radius 2 is 2.00 bits per heavy atom. The first-order valence-electron chi connectivity index (χ1n) is 10.2. The van der Waals surface area contributed by atoms with Crippen LogP contribution in [-0.2, 0) is 13.0 Å². The number of aliphatic hydroxyl groups is 1. The monoisotopic (exact) mass is 389 g/mol. The number of aliphatic hydroxyl groups excluding tert-OH is 1. The van der Waals surface area contributed by atoms with E-state index in [1.54, 1.807) is 6.20 Å². The lowest BCUT2D eigenvalue weighted by molar-refractivity contribution is 0.214. The van der Waals surface area contributed by atoms with Crippen LogP contribution in [-0.4, -0.2) is 34.3 Å². The highest BCUT2D eigenvalue weighted by molar-refractivity contribution is 5.67. The van der Waals surface area contributed by atoms with Gasteiger partial charge in [-0.2, -0.15) is 0 Å². The van der Waals surface area contributed by atoms with E-state index in [0.717, 1.165) is 48.4 Å². The molecule has 2 aromatic heterocycles. The van der Waals surface area contributed by atoms with E-state index in [-0.39, 0.29) is 12.7 Å². The van der Waals surface area contributed by atoms with Gasteiger partial charge in [-0.25, -0.2) is 9.97 Å². The number of hydrogen-bond acceptors (Lipinski definition) is 5. The fraction of sp³-hybridized carbons (Fsp3) is 0.333. The van der Waals surface area contributed by atoms with Gasteiger partial charge in [-0.05, 0) is 37.1 Å². The summed E-state index contributed by atoms with van der Waals surface area (Å²) in [5.41, 5.74) is 6.03. The Morgan fingerprint density at radius 1 is 1.14 bits per heavy atom. The van der Waals surface area contributed by atoms with Crippen LogP contribution in [0.5, 0.6) is 5.88 Å². The number of anilines is 1. The second-order valence-electron chi connectivity index (χ2n) is 7.43. The summed E-state index contributed by atoms with van der Waals surface area (Å²) in [5.74, 6) is 0.700. The molecule has 0 amide bonds. The van der Waals surface area contributed by atoms with Crippen molar-refractivity contribution in [1.29, 1.82) is 0 Å². The highest BCUT2D eigenvalue weighted by Gasteiger charge is 2.27. The second-order valence-corrected chi connectivity index (χ2v) is 7.43. The molecule has 1 aliphatic heterocycles. The van der Waals surface area contributed by atoms with Crippen LogP contribution in [0.15, 0.2) is 54.7 Å². The van der Waals surface area contributed by atoms with Crippen molar-refractivity contribution in [3.05, 3.63) is 71.5 Å². The van der Waals surface area contributed by atoms with Crippen molar-refractivity contribution in [1.82, 2.24) is 9.97 Å². The molecule has 1 saturated heterocycles. The van der Waals surface area contributed by atoms with Crippen molar-refractivity contribution in [2.24, 2.45) is 0 Å². The Kier molecular flexibility index (Phi) is 5.76. The van der Waals surface area contributed by atoms with Gasteiger partial charge in [-0.15, -0.1) is 0 Å². The van der Waals surface area contributed by atoms with Crippen molar-refractivity contribution in [2.75, 3.05) is 18.0 Å². The Morgan fingerprint density at radius 3 is 2.79 bits per heavy atom. The SMILES string of the molecule is CCc1ccccc1-c1ccc(N2CCC(Oc3ncccc3C)C2)c(CO)n1. The molecule has 150 valence electrons. The molecular weight excluding hydrogens is 362 g/mol. The lowest BCUT2D eigenvalue weighted by atomic mass is 10.0. The van der Waals surface area contributed by atoms with E-state index in [0.29, 0.717) is 11.6 Å². The van der Waals surface area contributed by atoms with Crippen molar-refractivity contribution >= 4 is 5.69 Å². The van der Waals surface area contributed by atoms with Gasteiger partial charge in [0.25, 0.3) is 0 Å². The molecule has 0 saturated carbocycles. The van der Waals surface area contributed by atoms with E-state index >= 15 is 0 Å². The van der Waals surface area contributed by atoms with E-state index in [2.05, 4.69) is 47.1 Å². The quantitative estimate of drug-likeness (QED) is 0.686. The molecule has 1 aliphatic rings. The topological polar surface area (TPSA) is 58.5 Å². The maximum Gasteiger partial charge on any atom is 0.216 e. The van der Waals surface area contributed by atoms with Crippen LogP contribution in [0, 0.1) is 6.92 Å². The zero-order valence-corrected chi connectivity index (χ0v) is 17.0. The van der Waals surface area contributed by atoms with E-state index < -0.39 is 0 Å². The van der Waals surface area contributed by atoms with Crippen LogP contribution in [0.25, 0.3) is 11.3 Å². The summed E-state index contributed by atoms with van der Waals surface area (Å²) in [6, 6.07) is 16.4. The number of aryl methyl sites for hydroxylation is 2. The third-order valence-electron chi connectivity index (χ3n) is 5.50. The lowest BCUT2D eigenvalue weighted by Crippen LogP contribution is -2.26. The number of ether oxygens (including phenoxy) is 1. The van der Waals surface area contributed by atoms with Gasteiger partial charge in [-0.3, -0.25) is 0 Å². The molecule has 3 heterocycles. The average molecular weight is 389 g/mol. The van der Waals surface area contributed by atoms with Crippen LogP contribution in [0.3, 0.4) is 0 Å². The third kappa shape index (κ3) is 4.10.